The van der Waals surface area contributed by atoms with Crippen LogP contribution in [0.25, 0.3) is 0 Å². The average molecular weight is 273 g/mol. The highest BCUT2D eigenvalue weighted by Crippen LogP contribution is 2.33. The molecular weight excluding hydrogens is 261 g/mol. The second-order valence-corrected chi connectivity index (χ2v) is 4.85. The van der Waals surface area contributed by atoms with Gasteiger partial charge in [0.1, 0.15) is 18.8 Å². The third kappa shape index (κ3) is 5.61. The van der Waals surface area contributed by atoms with Gasteiger partial charge in [0.05, 0.1) is 6.54 Å². The summed E-state index contributed by atoms with van der Waals surface area (Å²) < 4.78 is 16.3. The molecule has 0 radical (unpaired) electrons. The highest BCUT2D eigenvalue weighted by atomic mass is 31.2. The first-order valence-electron chi connectivity index (χ1n) is 4.79. The maximum Gasteiger partial charge on any atom is 0.351 e. The summed E-state index contributed by atoms with van der Waals surface area (Å²) in [4.78, 5) is 31.7. The van der Waals surface area contributed by atoms with Crippen molar-refractivity contribution in [3.8, 4) is 11.8 Å². The molecule has 0 aliphatic carbocycles. The summed E-state index contributed by atoms with van der Waals surface area (Å²) in [6, 6.07) is 1.47. The molecule has 18 heavy (non-hydrogen) atoms. The summed E-state index contributed by atoms with van der Waals surface area (Å²) in [5, 5.41) is 0. The molecule has 0 spiro atoms. The van der Waals surface area contributed by atoms with E-state index >= 15 is 0 Å². The monoisotopic (exact) mass is 273 g/mol. The van der Waals surface area contributed by atoms with E-state index in [-0.39, 0.29) is 19.0 Å². The number of hydrogen-bond donors (Lipinski definition) is 3. The summed E-state index contributed by atoms with van der Waals surface area (Å²) in [7, 11) is -4.15. The topological polar surface area (TPSA) is 128 Å². The zero-order valence-corrected chi connectivity index (χ0v) is 10.2. The van der Waals surface area contributed by atoms with Gasteiger partial charge < -0.3 is 20.3 Å². The average Bonchev–Trinajstić information content (AvgIpc) is 2.24. The van der Waals surface area contributed by atoms with Crippen molar-refractivity contribution in [2.45, 2.75) is 6.54 Å². The molecule has 1 aromatic rings. The van der Waals surface area contributed by atoms with Crippen LogP contribution in [0.2, 0.25) is 0 Å². The van der Waals surface area contributed by atoms with Gasteiger partial charge in [-0.05, 0) is 6.07 Å². The highest BCUT2D eigenvalue weighted by Gasteiger charge is 2.11. The maximum absolute atomic E-state index is 11.3. The Balaban J connectivity index is 2.42. The molecule has 0 aromatic carbocycles. The fraction of sp³-hybridized carbons (Fsp3) is 0.333. The van der Waals surface area contributed by atoms with E-state index in [1.165, 1.54) is 16.8 Å². The van der Waals surface area contributed by atoms with Gasteiger partial charge in [-0.1, -0.05) is 11.8 Å². The van der Waals surface area contributed by atoms with Crippen LogP contribution in [0.1, 0.15) is 0 Å². The smallest absolute Gasteiger partial charge is 0.351 e. The van der Waals surface area contributed by atoms with Crippen molar-refractivity contribution in [1.29, 1.82) is 0 Å². The Kier molecular flexibility index (Phi) is 5.07. The first-order chi connectivity index (χ1) is 8.38. The number of ether oxygens (including phenoxy) is 1. The molecule has 8 nitrogen and oxygen atoms in total. The summed E-state index contributed by atoms with van der Waals surface area (Å²) >= 11 is 0. The number of hydrogen-bond acceptors (Lipinski definition) is 5. The molecule has 9 heteroatoms. The quantitative estimate of drug-likeness (QED) is 0.364. The number of nitrogen functional groups attached to an aromatic ring is 1. The van der Waals surface area contributed by atoms with Gasteiger partial charge in [-0.15, -0.1) is 0 Å². The standard InChI is InChI=1S/C9H12N3O5P/c10-8-3-5-12(9(13)11-8)4-1-2-6-17-7-18(14,15)16/h3,5H,4,6-7H2,(H2,10,11,13)(H2,14,15,16). The second-order valence-electron chi connectivity index (χ2n) is 3.26. The second kappa shape index (κ2) is 6.33. The molecule has 0 atom stereocenters. The zero-order chi connectivity index (χ0) is 13.6. The van der Waals surface area contributed by atoms with E-state index in [1.54, 1.807) is 0 Å². The van der Waals surface area contributed by atoms with Crippen LogP contribution in [0.3, 0.4) is 0 Å². The van der Waals surface area contributed by atoms with Crippen molar-refractivity contribution in [2.75, 3.05) is 18.7 Å². The summed E-state index contributed by atoms with van der Waals surface area (Å²) in [5.74, 6) is 5.25. The Labute approximate surface area is 103 Å². The molecule has 0 unspecified atom stereocenters. The van der Waals surface area contributed by atoms with E-state index in [4.69, 9.17) is 15.5 Å². The summed E-state index contributed by atoms with van der Waals surface area (Å²) in [6.45, 7) is -0.0202. The van der Waals surface area contributed by atoms with Crippen LogP contribution in [0.15, 0.2) is 17.1 Å². The van der Waals surface area contributed by atoms with Crippen LogP contribution in [0.4, 0.5) is 5.82 Å². The van der Waals surface area contributed by atoms with Gasteiger partial charge in [0, 0.05) is 6.20 Å². The minimum atomic E-state index is -4.15. The highest BCUT2D eigenvalue weighted by molar-refractivity contribution is 7.51. The lowest BCUT2D eigenvalue weighted by atomic mass is 10.5. The maximum atomic E-state index is 11.3. The largest absolute Gasteiger partial charge is 0.383 e. The van der Waals surface area contributed by atoms with Crippen LogP contribution in [0.5, 0.6) is 0 Å². The minimum Gasteiger partial charge on any atom is -0.383 e. The molecule has 1 rings (SSSR count). The van der Waals surface area contributed by atoms with Crippen molar-refractivity contribution < 1.29 is 19.1 Å². The molecule has 0 saturated carbocycles. The molecule has 0 aliphatic rings. The minimum absolute atomic E-state index is 0.103. The molecule has 0 fully saturated rings. The molecule has 0 aliphatic heterocycles. The molecule has 4 N–H and O–H groups in total. The predicted molar refractivity (Wildman–Crippen MR) is 63.5 cm³/mol. The first-order valence-corrected chi connectivity index (χ1v) is 6.59. The van der Waals surface area contributed by atoms with E-state index < -0.39 is 19.6 Å². The lowest BCUT2D eigenvalue weighted by Gasteiger charge is -2.01. The summed E-state index contributed by atoms with van der Waals surface area (Å²) in [5.41, 5.74) is 4.79. The Bertz CT molecular complexity index is 568. The summed E-state index contributed by atoms with van der Waals surface area (Å²) in [6.07, 6.45) is 0.779. The number of nitrogens with zero attached hydrogens (tertiary/aromatic N) is 2. The van der Waals surface area contributed by atoms with Crippen LogP contribution in [-0.4, -0.2) is 32.3 Å². The molecule has 0 saturated heterocycles. The van der Waals surface area contributed by atoms with Gasteiger partial charge in [0.25, 0.3) is 0 Å². The van der Waals surface area contributed by atoms with Crippen molar-refractivity contribution in [1.82, 2.24) is 9.55 Å². The number of rotatable bonds is 4. The van der Waals surface area contributed by atoms with Crippen LogP contribution < -0.4 is 11.4 Å². The molecule has 1 aromatic heterocycles. The van der Waals surface area contributed by atoms with E-state index in [2.05, 4.69) is 21.6 Å². The zero-order valence-electron chi connectivity index (χ0n) is 9.31. The third-order valence-electron chi connectivity index (χ3n) is 1.70. The Hall–Kier alpha value is -1.65. The lowest BCUT2D eigenvalue weighted by Crippen LogP contribution is -2.22. The van der Waals surface area contributed by atoms with Crippen molar-refractivity contribution in [3.63, 3.8) is 0 Å². The van der Waals surface area contributed by atoms with Crippen molar-refractivity contribution in [3.05, 3.63) is 22.7 Å². The SMILES string of the molecule is Nc1ccn(CC#CCOCP(=O)(O)O)c(=O)n1. The van der Waals surface area contributed by atoms with Crippen LogP contribution in [-0.2, 0) is 15.8 Å². The van der Waals surface area contributed by atoms with Gasteiger partial charge in [0.15, 0.2) is 0 Å². The van der Waals surface area contributed by atoms with Crippen LogP contribution >= 0.6 is 7.60 Å². The fourth-order valence-electron chi connectivity index (χ4n) is 0.970. The van der Waals surface area contributed by atoms with Gasteiger partial charge in [0.2, 0.25) is 0 Å². The van der Waals surface area contributed by atoms with E-state index in [9.17, 15) is 9.36 Å². The number of aromatic nitrogens is 2. The number of anilines is 1. The van der Waals surface area contributed by atoms with E-state index in [1.807, 2.05) is 0 Å². The van der Waals surface area contributed by atoms with Gasteiger partial charge in [-0.25, -0.2) is 4.79 Å². The van der Waals surface area contributed by atoms with Gasteiger partial charge in [-0.3, -0.25) is 9.13 Å². The van der Waals surface area contributed by atoms with Gasteiger partial charge in [-0.2, -0.15) is 4.98 Å². The third-order valence-corrected chi connectivity index (χ3v) is 2.22. The fourth-order valence-corrected chi connectivity index (χ4v) is 1.30. The normalized spacial score (nSPS) is 10.8. The Morgan fingerprint density at radius 2 is 2.22 bits per heavy atom. The van der Waals surface area contributed by atoms with E-state index in [0.29, 0.717) is 0 Å². The molecular formula is C9H12N3O5P. The first kappa shape index (κ1) is 14.4. The lowest BCUT2D eigenvalue weighted by molar-refractivity contribution is 0.189. The number of nitrogens with two attached hydrogens (primary N) is 1. The molecule has 0 amide bonds. The Morgan fingerprint density at radius 1 is 1.50 bits per heavy atom. The van der Waals surface area contributed by atoms with Crippen LogP contribution in [0, 0.1) is 11.8 Å². The van der Waals surface area contributed by atoms with Crippen molar-refractivity contribution >= 4 is 13.4 Å². The van der Waals surface area contributed by atoms with E-state index in [0.717, 1.165) is 0 Å². The molecule has 0 bridgehead atoms. The molecule has 98 valence electrons. The van der Waals surface area contributed by atoms with Crippen molar-refractivity contribution in [2.24, 2.45) is 0 Å². The Morgan fingerprint density at radius 3 is 2.83 bits per heavy atom. The van der Waals surface area contributed by atoms with Gasteiger partial charge >= 0.3 is 13.3 Å². The molecule has 1 heterocycles. The predicted octanol–water partition coefficient (Wildman–Crippen LogP) is -1.02.